The zero-order chi connectivity index (χ0) is 13.9. The Morgan fingerprint density at radius 3 is 2.95 bits per heavy atom. The third-order valence-electron chi connectivity index (χ3n) is 4.24. The van der Waals surface area contributed by atoms with Gasteiger partial charge in [0.1, 0.15) is 5.75 Å². The first-order chi connectivity index (χ1) is 9.78. The fraction of sp³-hybridized carbons (Fsp3) is 0.438. The van der Waals surface area contributed by atoms with Gasteiger partial charge in [0.25, 0.3) is 0 Å². The third kappa shape index (κ3) is 2.74. The van der Waals surface area contributed by atoms with Gasteiger partial charge in [-0.25, -0.2) is 0 Å². The molecule has 20 heavy (non-hydrogen) atoms. The van der Waals surface area contributed by atoms with Gasteiger partial charge in [0, 0.05) is 16.6 Å². The minimum atomic E-state index is 0.579. The maximum absolute atomic E-state index is 6.04. The van der Waals surface area contributed by atoms with Crippen molar-refractivity contribution in [2.75, 3.05) is 13.2 Å². The van der Waals surface area contributed by atoms with Crippen LogP contribution in [0.1, 0.15) is 19.3 Å². The van der Waals surface area contributed by atoms with Crippen LogP contribution in [-0.2, 0) is 0 Å². The summed E-state index contributed by atoms with van der Waals surface area (Å²) in [6.07, 6.45) is 5.49. The van der Waals surface area contributed by atoms with Crippen molar-refractivity contribution in [2.45, 2.75) is 19.3 Å². The van der Waals surface area contributed by atoms with Gasteiger partial charge >= 0.3 is 0 Å². The van der Waals surface area contributed by atoms with E-state index in [4.69, 9.17) is 22.1 Å². The molecule has 0 bridgehead atoms. The molecule has 1 fully saturated rings. The van der Waals surface area contributed by atoms with Crippen LogP contribution in [0, 0.1) is 11.8 Å². The minimum absolute atomic E-state index is 0.579. The summed E-state index contributed by atoms with van der Waals surface area (Å²) in [4.78, 5) is 4.33. The Kier molecular flexibility index (Phi) is 4.08. The number of aromatic nitrogens is 1. The lowest BCUT2D eigenvalue weighted by molar-refractivity contribution is 0.219. The quantitative estimate of drug-likeness (QED) is 0.935. The van der Waals surface area contributed by atoms with Crippen LogP contribution in [-0.4, -0.2) is 18.1 Å². The van der Waals surface area contributed by atoms with Gasteiger partial charge in [-0.05, 0) is 55.5 Å². The zero-order valence-corrected chi connectivity index (χ0v) is 12.1. The molecule has 1 aromatic carbocycles. The fourth-order valence-corrected chi connectivity index (χ4v) is 3.23. The average molecular weight is 291 g/mol. The zero-order valence-electron chi connectivity index (χ0n) is 11.4. The Morgan fingerprint density at radius 1 is 1.25 bits per heavy atom. The monoisotopic (exact) mass is 290 g/mol. The standard InChI is InChI=1S/C16H19ClN2O/c17-13-4-5-14-15(8-13)19-7-6-16(14)20-10-12-3-1-2-11(12)9-18/h4-8,11-12H,1-3,9-10,18H2. The first-order valence-electron chi connectivity index (χ1n) is 7.15. The van der Waals surface area contributed by atoms with E-state index in [9.17, 15) is 0 Å². The third-order valence-corrected chi connectivity index (χ3v) is 4.47. The highest BCUT2D eigenvalue weighted by atomic mass is 35.5. The van der Waals surface area contributed by atoms with E-state index in [-0.39, 0.29) is 0 Å². The number of rotatable bonds is 4. The van der Waals surface area contributed by atoms with Crippen molar-refractivity contribution < 1.29 is 4.74 Å². The maximum Gasteiger partial charge on any atom is 0.130 e. The number of benzene rings is 1. The molecule has 0 spiro atoms. The summed E-state index contributed by atoms with van der Waals surface area (Å²) < 4.78 is 6.04. The molecule has 2 unspecified atom stereocenters. The van der Waals surface area contributed by atoms with E-state index >= 15 is 0 Å². The molecule has 0 aliphatic heterocycles. The van der Waals surface area contributed by atoms with E-state index in [0.717, 1.165) is 29.8 Å². The van der Waals surface area contributed by atoms with Crippen molar-refractivity contribution in [3.63, 3.8) is 0 Å². The Bertz CT molecular complexity index is 602. The molecule has 0 radical (unpaired) electrons. The van der Waals surface area contributed by atoms with Gasteiger partial charge in [-0.3, -0.25) is 4.98 Å². The van der Waals surface area contributed by atoms with Crippen molar-refractivity contribution in [1.29, 1.82) is 0 Å². The van der Waals surface area contributed by atoms with Gasteiger partial charge in [-0.15, -0.1) is 0 Å². The maximum atomic E-state index is 6.04. The first-order valence-corrected chi connectivity index (χ1v) is 7.53. The molecule has 2 aromatic rings. The second-order valence-electron chi connectivity index (χ2n) is 5.47. The Labute approximate surface area is 124 Å². The van der Waals surface area contributed by atoms with E-state index in [1.165, 1.54) is 19.3 Å². The van der Waals surface area contributed by atoms with Crippen molar-refractivity contribution >= 4 is 22.5 Å². The van der Waals surface area contributed by atoms with Crippen molar-refractivity contribution in [1.82, 2.24) is 4.98 Å². The van der Waals surface area contributed by atoms with E-state index in [1.807, 2.05) is 24.3 Å². The van der Waals surface area contributed by atoms with Crippen LogP contribution in [0.15, 0.2) is 30.5 Å². The molecular formula is C16H19ClN2O. The molecule has 4 heteroatoms. The van der Waals surface area contributed by atoms with Gasteiger partial charge in [0.15, 0.2) is 0 Å². The summed E-state index contributed by atoms with van der Waals surface area (Å²) in [5.74, 6) is 2.07. The lowest BCUT2D eigenvalue weighted by Crippen LogP contribution is -2.23. The van der Waals surface area contributed by atoms with Gasteiger partial charge in [0.05, 0.1) is 12.1 Å². The highest BCUT2D eigenvalue weighted by Gasteiger charge is 2.26. The number of fused-ring (bicyclic) bond motifs is 1. The summed E-state index contributed by atoms with van der Waals surface area (Å²) in [6.45, 7) is 1.50. The average Bonchev–Trinajstić information content (AvgIpc) is 2.92. The Balaban J connectivity index is 1.77. The number of pyridine rings is 1. The van der Waals surface area contributed by atoms with Crippen molar-refractivity contribution in [2.24, 2.45) is 17.6 Å². The SMILES string of the molecule is NCC1CCCC1COc1ccnc2cc(Cl)ccc12. The number of nitrogens with zero attached hydrogens (tertiary/aromatic N) is 1. The fourth-order valence-electron chi connectivity index (χ4n) is 3.06. The highest BCUT2D eigenvalue weighted by Crippen LogP contribution is 2.32. The smallest absolute Gasteiger partial charge is 0.130 e. The first kappa shape index (κ1) is 13.7. The molecule has 106 valence electrons. The number of hydrogen-bond donors (Lipinski definition) is 1. The summed E-state index contributed by atoms with van der Waals surface area (Å²) in [5.41, 5.74) is 6.69. The van der Waals surface area contributed by atoms with Crippen LogP contribution in [0.25, 0.3) is 10.9 Å². The van der Waals surface area contributed by atoms with Crippen LogP contribution in [0.3, 0.4) is 0 Å². The van der Waals surface area contributed by atoms with Gasteiger partial charge < -0.3 is 10.5 Å². The molecule has 0 saturated heterocycles. The van der Waals surface area contributed by atoms with Crippen LogP contribution < -0.4 is 10.5 Å². The normalized spacial score (nSPS) is 22.3. The minimum Gasteiger partial charge on any atom is -0.493 e. The predicted molar refractivity (Wildman–Crippen MR) is 82.1 cm³/mol. The van der Waals surface area contributed by atoms with Crippen LogP contribution in [0.2, 0.25) is 5.02 Å². The lowest BCUT2D eigenvalue weighted by Gasteiger charge is -2.19. The second-order valence-corrected chi connectivity index (χ2v) is 5.90. The molecule has 0 amide bonds. The largest absolute Gasteiger partial charge is 0.493 e. The number of halogens is 1. The highest BCUT2D eigenvalue weighted by molar-refractivity contribution is 6.31. The van der Waals surface area contributed by atoms with Crippen LogP contribution in [0.5, 0.6) is 5.75 Å². The van der Waals surface area contributed by atoms with E-state index in [2.05, 4.69) is 4.98 Å². The van der Waals surface area contributed by atoms with Gasteiger partial charge in [0.2, 0.25) is 0 Å². The Hall–Kier alpha value is -1.32. The molecule has 3 nitrogen and oxygen atoms in total. The van der Waals surface area contributed by atoms with Gasteiger partial charge in [-0.1, -0.05) is 18.0 Å². The van der Waals surface area contributed by atoms with Crippen LogP contribution in [0.4, 0.5) is 0 Å². The summed E-state index contributed by atoms with van der Waals surface area (Å²) in [6, 6.07) is 7.62. The molecular weight excluding hydrogens is 272 g/mol. The summed E-state index contributed by atoms with van der Waals surface area (Å²) >= 11 is 5.99. The molecule has 1 heterocycles. The topological polar surface area (TPSA) is 48.1 Å². The predicted octanol–water partition coefficient (Wildman–Crippen LogP) is 3.64. The van der Waals surface area contributed by atoms with Crippen LogP contribution >= 0.6 is 11.6 Å². The van der Waals surface area contributed by atoms with Crippen molar-refractivity contribution in [3.05, 3.63) is 35.5 Å². The molecule has 1 aromatic heterocycles. The molecule has 1 aliphatic rings. The van der Waals surface area contributed by atoms with E-state index < -0.39 is 0 Å². The second kappa shape index (κ2) is 5.98. The van der Waals surface area contributed by atoms with Crippen molar-refractivity contribution in [3.8, 4) is 5.75 Å². The summed E-state index contributed by atoms with van der Waals surface area (Å²) in [5, 5.41) is 1.71. The molecule has 1 aliphatic carbocycles. The molecule has 3 rings (SSSR count). The Morgan fingerprint density at radius 2 is 2.10 bits per heavy atom. The number of hydrogen-bond acceptors (Lipinski definition) is 3. The number of ether oxygens (including phenoxy) is 1. The van der Waals surface area contributed by atoms with Gasteiger partial charge in [-0.2, -0.15) is 0 Å². The lowest BCUT2D eigenvalue weighted by atomic mass is 9.97. The molecule has 1 saturated carbocycles. The number of nitrogens with two attached hydrogens (primary N) is 1. The van der Waals surface area contributed by atoms with E-state index in [0.29, 0.717) is 16.9 Å². The molecule has 2 N–H and O–H groups in total. The molecule has 2 atom stereocenters. The summed E-state index contributed by atoms with van der Waals surface area (Å²) in [7, 11) is 0. The van der Waals surface area contributed by atoms with E-state index in [1.54, 1.807) is 6.20 Å².